The SMILES string of the molecule is CC1(C)CCC(=NO)CCC(=O)N[C@H](c2ccccc2)COC1=O. The minimum absolute atomic E-state index is 0.0962. The first kappa shape index (κ1) is 18.0. The Morgan fingerprint density at radius 1 is 1.17 bits per heavy atom. The predicted molar refractivity (Wildman–Crippen MR) is 89.8 cm³/mol. The molecule has 6 heteroatoms. The minimum atomic E-state index is -0.680. The number of carbonyl (C=O) groups is 2. The van der Waals surface area contributed by atoms with Crippen LogP contribution in [0.2, 0.25) is 0 Å². The Hall–Kier alpha value is -2.37. The second-order valence-corrected chi connectivity index (χ2v) is 6.68. The van der Waals surface area contributed by atoms with Crippen molar-refractivity contribution in [3.63, 3.8) is 0 Å². The zero-order valence-electron chi connectivity index (χ0n) is 14.1. The van der Waals surface area contributed by atoms with Crippen molar-refractivity contribution in [3.05, 3.63) is 35.9 Å². The highest BCUT2D eigenvalue weighted by Crippen LogP contribution is 2.26. The Balaban J connectivity index is 2.21. The lowest BCUT2D eigenvalue weighted by Gasteiger charge is -2.26. The van der Waals surface area contributed by atoms with Crippen LogP contribution in [0.4, 0.5) is 0 Å². The van der Waals surface area contributed by atoms with E-state index in [4.69, 9.17) is 9.94 Å². The summed E-state index contributed by atoms with van der Waals surface area (Å²) in [5, 5.41) is 15.2. The molecule has 0 radical (unpaired) electrons. The first-order valence-corrected chi connectivity index (χ1v) is 8.14. The first-order valence-electron chi connectivity index (χ1n) is 8.14. The molecule has 0 aromatic heterocycles. The Bertz CT molecular complexity index is 611. The number of amides is 1. The van der Waals surface area contributed by atoms with Gasteiger partial charge in [0.1, 0.15) is 6.61 Å². The van der Waals surface area contributed by atoms with Gasteiger partial charge in [0.05, 0.1) is 17.2 Å². The summed E-state index contributed by atoms with van der Waals surface area (Å²) in [6.45, 7) is 3.72. The van der Waals surface area contributed by atoms with Gasteiger partial charge in [-0.25, -0.2) is 0 Å². The molecule has 1 fully saturated rings. The molecular weight excluding hydrogens is 308 g/mol. The highest BCUT2D eigenvalue weighted by Gasteiger charge is 2.31. The van der Waals surface area contributed by atoms with E-state index >= 15 is 0 Å². The number of ether oxygens (including phenoxy) is 1. The molecule has 2 N–H and O–H groups in total. The van der Waals surface area contributed by atoms with Crippen LogP contribution in [0.3, 0.4) is 0 Å². The maximum absolute atomic E-state index is 12.4. The van der Waals surface area contributed by atoms with Gasteiger partial charge in [0.25, 0.3) is 0 Å². The standard InChI is InChI=1S/C18H24N2O4/c1-18(2)11-10-14(20-23)8-9-16(21)19-15(12-24-17(18)22)13-6-4-3-5-7-13/h3-7,15,23H,8-12H2,1-2H3,(H,19,21)/t15-/m0/s1. The van der Waals surface area contributed by atoms with E-state index in [2.05, 4.69) is 10.5 Å². The van der Waals surface area contributed by atoms with Crippen molar-refractivity contribution in [2.45, 2.75) is 45.6 Å². The summed E-state index contributed by atoms with van der Waals surface area (Å²) in [6.07, 6.45) is 1.56. The minimum Gasteiger partial charge on any atom is -0.463 e. The van der Waals surface area contributed by atoms with Gasteiger partial charge in [-0.3, -0.25) is 9.59 Å². The lowest BCUT2D eigenvalue weighted by molar-refractivity contribution is -0.155. The van der Waals surface area contributed by atoms with Crippen molar-refractivity contribution in [2.75, 3.05) is 6.61 Å². The highest BCUT2D eigenvalue weighted by molar-refractivity contribution is 5.89. The molecular formula is C18H24N2O4. The summed E-state index contributed by atoms with van der Waals surface area (Å²) in [4.78, 5) is 24.5. The number of rotatable bonds is 1. The molecule has 0 aliphatic carbocycles. The van der Waals surface area contributed by atoms with E-state index in [1.807, 2.05) is 44.2 Å². The van der Waals surface area contributed by atoms with Gasteiger partial charge in [0.15, 0.2) is 0 Å². The summed E-state index contributed by atoms with van der Waals surface area (Å²) in [6, 6.07) is 9.01. The molecule has 24 heavy (non-hydrogen) atoms. The van der Waals surface area contributed by atoms with Crippen molar-refractivity contribution in [1.29, 1.82) is 0 Å². The summed E-state index contributed by atoms with van der Waals surface area (Å²) >= 11 is 0. The monoisotopic (exact) mass is 332 g/mol. The molecule has 0 unspecified atom stereocenters. The van der Waals surface area contributed by atoms with E-state index in [0.717, 1.165) is 5.56 Å². The Labute approximate surface area is 141 Å². The van der Waals surface area contributed by atoms with Gasteiger partial charge >= 0.3 is 5.97 Å². The maximum atomic E-state index is 12.4. The fourth-order valence-corrected chi connectivity index (χ4v) is 2.57. The number of hydrogen-bond donors (Lipinski definition) is 2. The third-order valence-corrected chi connectivity index (χ3v) is 4.29. The number of carbonyl (C=O) groups excluding carboxylic acids is 2. The fourth-order valence-electron chi connectivity index (χ4n) is 2.57. The van der Waals surface area contributed by atoms with E-state index < -0.39 is 11.5 Å². The van der Waals surface area contributed by atoms with Crippen molar-refractivity contribution >= 4 is 17.6 Å². The molecule has 1 saturated heterocycles. The average Bonchev–Trinajstić information content (AvgIpc) is 2.58. The van der Waals surface area contributed by atoms with E-state index in [0.29, 0.717) is 25.0 Å². The summed E-state index contributed by atoms with van der Waals surface area (Å²) in [7, 11) is 0. The second-order valence-electron chi connectivity index (χ2n) is 6.68. The van der Waals surface area contributed by atoms with Crippen LogP contribution in [0.5, 0.6) is 0 Å². The zero-order valence-corrected chi connectivity index (χ0v) is 14.1. The Morgan fingerprint density at radius 3 is 2.54 bits per heavy atom. The number of cyclic esters (lactones) is 1. The molecule has 6 nitrogen and oxygen atoms in total. The number of oxime groups is 1. The zero-order chi connectivity index (χ0) is 17.6. The first-order chi connectivity index (χ1) is 11.4. The van der Waals surface area contributed by atoms with Gasteiger partial charge in [0.2, 0.25) is 5.91 Å². The number of benzene rings is 1. The molecule has 1 aromatic carbocycles. The van der Waals surface area contributed by atoms with Crippen molar-refractivity contribution in [2.24, 2.45) is 10.6 Å². The van der Waals surface area contributed by atoms with Gasteiger partial charge in [0, 0.05) is 6.42 Å². The molecule has 1 aliphatic heterocycles. The molecule has 130 valence electrons. The molecule has 1 aromatic rings. The van der Waals surface area contributed by atoms with Crippen LogP contribution >= 0.6 is 0 Å². The van der Waals surface area contributed by atoms with Gasteiger partial charge in [-0.05, 0) is 38.7 Å². The summed E-state index contributed by atoms with van der Waals surface area (Å²) in [5.41, 5.74) is 0.716. The van der Waals surface area contributed by atoms with Gasteiger partial charge < -0.3 is 15.3 Å². The largest absolute Gasteiger partial charge is 0.463 e. The van der Waals surface area contributed by atoms with Crippen LogP contribution in [0.15, 0.2) is 35.5 Å². The molecule has 1 atom stereocenters. The quantitative estimate of drug-likeness (QED) is 0.470. The number of nitrogens with zero attached hydrogens (tertiary/aromatic N) is 1. The summed E-state index contributed by atoms with van der Waals surface area (Å²) in [5.74, 6) is -0.489. The molecule has 0 saturated carbocycles. The lowest BCUT2D eigenvalue weighted by atomic mass is 9.86. The maximum Gasteiger partial charge on any atom is 0.311 e. The molecule has 1 aliphatic rings. The van der Waals surface area contributed by atoms with Crippen LogP contribution in [0, 0.1) is 5.41 Å². The van der Waals surface area contributed by atoms with Crippen molar-refractivity contribution in [3.8, 4) is 0 Å². The van der Waals surface area contributed by atoms with Crippen molar-refractivity contribution in [1.82, 2.24) is 5.32 Å². The van der Waals surface area contributed by atoms with E-state index in [-0.39, 0.29) is 24.9 Å². The second kappa shape index (κ2) is 7.95. The van der Waals surface area contributed by atoms with Crippen LogP contribution in [-0.2, 0) is 14.3 Å². The van der Waals surface area contributed by atoms with Gasteiger partial charge in [-0.2, -0.15) is 0 Å². The third kappa shape index (κ3) is 4.81. The molecule has 0 bridgehead atoms. The van der Waals surface area contributed by atoms with E-state index in [1.165, 1.54) is 0 Å². The average molecular weight is 332 g/mol. The van der Waals surface area contributed by atoms with Crippen LogP contribution < -0.4 is 5.32 Å². The molecule has 0 spiro atoms. The topological polar surface area (TPSA) is 88.0 Å². The molecule has 2 rings (SSSR count). The van der Waals surface area contributed by atoms with Crippen LogP contribution in [-0.4, -0.2) is 29.4 Å². The number of esters is 1. The van der Waals surface area contributed by atoms with Crippen molar-refractivity contribution < 1.29 is 19.5 Å². The molecule has 1 heterocycles. The smallest absolute Gasteiger partial charge is 0.311 e. The van der Waals surface area contributed by atoms with E-state index in [1.54, 1.807) is 0 Å². The summed E-state index contributed by atoms with van der Waals surface area (Å²) < 4.78 is 5.46. The predicted octanol–water partition coefficient (Wildman–Crippen LogP) is 2.82. The molecule has 1 amide bonds. The van der Waals surface area contributed by atoms with Crippen LogP contribution in [0.1, 0.15) is 51.1 Å². The number of hydrogen-bond acceptors (Lipinski definition) is 5. The normalized spacial score (nSPS) is 24.4. The Kier molecular flexibility index (Phi) is 5.95. The third-order valence-electron chi connectivity index (χ3n) is 4.29. The van der Waals surface area contributed by atoms with E-state index in [9.17, 15) is 9.59 Å². The van der Waals surface area contributed by atoms with Crippen LogP contribution in [0.25, 0.3) is 0 Å². The van der Waals surface area contributed by atoms with Gasteiger partial charge in [-0.15, -0.1) is 0 Å². The Morgan fingerprint density at radius 2 is 1.88 bits per heavy atom. The van der Waals surface area contributed by atoms with Gasteiger partial charge in [-0.1, -0.05) is 35.5 Å². The number of nitrogens with one attached hydrogen (secondary N) is 1. The highest BCUT2D eigenvalue weighted by atomic mass is 16.5. The lowest BCUT2D eigenvalue weighted by Crippen LogP contribution is -2.35. The fraction of sp³-hybridized carbons (Fsp3) is 0.500.